The fraction of sp³-hybridized carbons (Fsp3) is 0.238. The molecular weight excluding hydrogens is 381 g/mol. The highest BCUT2D eigenvalue weighted by Gasteiger charge is 2.20. The Hall–Kier alpha value is -3.13. The molecule has 0 aliphatic rings. The topological polar surface area (TPSA) is 51.4 Å². The van der Waals surface area contributed by atoms with E-state index in [4.69, 9.17) is 0 Å². The van der Waals surface area contributed by atoms with Crippen LogP contribution in [0.2, 0.25) is 0 Å². The fourth-order valence-corrected chi connectivity index (χ4v) is 3.21. The number of benzene rings is 2. The Balaban J connectivity index is 1.68. The van der Waals surface area contributed by atoms with E-state index in [0.29, 0.717) is 6.54 Å². The van der Waals surface area contributed by atoms with Gasteiger partial charge in [-0.15, -0.1) is 0 Å². The zero-order chi connectivity index (χ0) is 21.1. The lowest BCUT2D eigenvalue weighted by molar-refractivity contribution is -0.885. The zero-order valence-corrected chi connectivity index (χ0v) is 16.4. The third-order valence-corrected chi connectivity index (χ3v) is 4.69. The molecule has 2 N–H and O–H groups in total. The van der Waals surface area contributed by atoms with Crippen molar-refractivity contribution in [3.05, 3.63) is 76.9 Å². The Morgan fingerprint density at radius 1 is 1.07 bits per heavy atom. The Morgan fingerprint density at radius 2 is 1.76 bits per heavy atom. The summed E-state index contributed by atoms with van der Waals surface area (Å²) in [6.45, 7) is 4.42. The Labute approximate surface area is 166 Å². The van der Waals surface area contributed by atoms with Crippen LogP contribution < -0.4 is 10.2 Å². The van der Waals surface area contributed by atoms with Crippen molar-refractivity contribution in [2.45, 2.75) is 20.4 Å². The van der Waals surface area contributed by atoms with Crippen molar-refractivity contribution in [3.8, 4) is 5.69 Å². The SMILES string of the molecule is Cc1nn(-c2ccccc2)c(C)c1C[NH+](C)CC(=O)Nc1ccc(F)c(F)c1F. The number of carbonyl (C=O) groups is 1. The largest absolute Gasteiger partial charge is 0.326 e. The number of para-hydroxylation sites is 1. The van der Waals surface area contributed by atoms with Gasteiger partial charge >= 0.3 is 0 Å². The van der Waals surface area contributed by atoms with Gasteiger partial charge in [0.2, 0.25) is 0 Å². The minimum Gasteiger partial charge on any atom is -0.326 e. The lowest BCUT2D eigenvalue weighted by Gasteiger charge is -2.15. The van der Waals surface area contributed by atoms with Gasteiger partial charge in [-0.05, 0) is 38.1 Å². The molecule has 0 radical (unpaired) electrons. The van der Waals surface area contributed by atoms with Crippen LogP contribution in [-0.4, -0.2) is 29.3 Å². The molecule has 2 aromatic carbocycles. The van der Waals surface area contributed by atoms with Gasteiger partial charge in [0.25, 0.3) is 5.91 Å². The highest BCUT2D eigenvalue weighted by Crippen LogP contribution is 2.19. The number of rotatable bonds is 6. The van der Waals surface area contributed by atoms with Gasteiger partial charge in [-0.3, -0.25) is 4.79 Å². The number of anilines is 1. The number of nitrogens with zero attached hydrogens (tertiary/aromatic N) is 2. The molecule has 1 atom stereocenters. The van der Waals surface area contributed by atoms with E-state index >= 15 is 0 Å². The van der Waals surface area contributed by atoms with Crippen molar-refractivity contribution in [2.24, 2.45) is 0 Å². The van der Waals surface area contributed by atoms with Gasteiger partial charge in [0.15, 0.2) is 24.0 Å². The average molecular weight is 403 g/mol. The molecule has 3 aromatic rings. The third kappa shape index (κ3) is 4.48. The van der Waals surface area contributed by atoms with Crippen LogP contribution in [0.15, 0.2) is 42.5 Å². The minimum atomic E-state index is -1.61. The minimum absolute atomic E-state index is 0.0217. The summed E-state index contributed by atoms with van der Waals surface area (Å²) in [5.74, 6) is -4.82. The monoisotopic (exact) mass is 403 g/mol. The van der Waals surface area contributed by atoms with Gasteiger partial charge in [0.05, 0.1) is 35.4 Å². The first kappa shape index (κ1) is 20.6. The normalized spacial score (nSPS) is 12.1. The molecule has 1 amide bonds. The van der Waals surface area contributed by atoms with Crippen LogP contribution >= 0.6 is 0 Å². The Kier molecular flexibility index (Phi) is 6.03. The second-order valence-corrected chi connectivity index (χ2v) is 6.98. The van der Waals surface area contributed by atoms with E-state index in [2.05, 4.69) is 10.4 Å². The van der Waals surface area contributed by atoms with Gasteiger partial charge in [0, 0.05) is 0 Å². The van der Waals surface area contributed by atoms with Crippen molar-refractivity contribution >= 4 is 11.6 Å². The summed E-state index contributed by atoms with van der Waals surface area (Å²) in [6, 6.07) is 11.5. The maximum absolute atomic E-state index is 13.7. The average Bonchev–Trinajstić information content (AvgIpc) is 2.97. The van der Waals surface area contributed by atoms with Crippen LogP contribution in [0.3, 0.4) is 0 Å². The van der Waals surface area contributed by atoms with Crippen molar-refractivity contribution in [1.29, 1.82) is 0 Å². The predicted octanol–water partition coefficient (Wildman–Crippen LogP) is 2.56. The van der Waals surface area contributed by atoms with E-state index in [-0.39, 0.29) is 12.2 Å². The third-order valence-electron chi connectivity index (χ3n) is 4.69. The van der Waals surface area contributed by atoms with Crippen molar-refractivity contribution in [2.75, 3.05) is 18.9 Å². The molecule has 0 saturated carbocycles. The summed E-state index contributed by atoms with van der Waals surface area (Å²) in [6.07, 6.45) is 0. The van der Waals surface area contributed by atoms with Crippen LogP contribution in [0.4, 0.5) is 18.9 Å². The summed E-state index contributed by atoms with van der Waals surface area (Å²) in [7, 11) is 1.82. The van der Waals surface area contributed by atoms with Gasteiger partial charge in [0.1, 0.15) is 6.54 Å². The summed E-state index contributed by atoms with van der Waals surface area (Å²) in [4.78, 5) is 13.1. The van der Waals surface area contributed by atoms with Crippen LogP contribution in [0.1, 0.15) is 17.0 Å². The molecule has 1 aromatic heterocycles. The molecule has 0 fully saturated rings. The van der Waals surface area contributed by atoms with E-state index in [1.54, 1.807) is 0 Å². The van der Waals surface area contributed by atoms with E-state index in [9.17, 15) is 18.0 Å². The summed E-state index contributed by atoms with van der Waals surface area (Å²) in [5.41, 5.74) is 3.41. The predicted molar refractivity (Wildman–Crippen MR) is 103 cm³/mol. The van der Waals surface area contributed by atoms with E-state index < -0.39 is 23.4 Å². The van der Waals surface area contributed by atoms with E-state index in [0.717, 1.165) is 39.7 Å². The summed E-state index contributed by atoms with van der Waals surface area (Å²) < 4.78 is 41.9. The lowest BCUT2D eigenvalue weighted by atomic mass is 10.2. The number of amides is 1. The molecule has 3 rings (SSSR count). The molecule has 0 aliphatic carbocycles. The Bertz CT molecular complexity index is 1030. The fourth-order valence-electron chi connectivity index (χ4n) is 3.21. The number of quaternary nitrogens is 1. The van der Waals surface area contributed by atoms with Crippen LogP contribution in [-0.2, 0) is 11.3 Å². The number of halogens is 3. The Morgan fingerprint density at radius 3 is 2.45 bits per heavy atom. The first-order chi connectivity index (χ1) is 13.8. The lowest BCUT2D eigenvalue weighted by Crippen LogP contribution is -3.08. The number of aromatic nitrogens is 2. The number of carbonyl (C=O) groups excluding carboxylic acids is 1. The van der Waals surface area contributed by atoms with E-state index in [1.165, 1.54) is 0 Å². The molecule has 5 nitrogen and oxygen atoms in total. The van der Waals surface area contributed by atoms with Gasteiger partial charge in [-0.1, -0.05) is 18.2 Å². The number of hydrogen-bond acceptors (Lipinski definition) is 2. The van der Waals surface area contributed by atoms with Gasteiger partial charge < -0.3 is 10.2 Å². The molecular formula is C21H22F3N4O+. The molecule has 0 aliphatic heterocycles. The van der Waals surface area contributed by atoms with Crippen LogP contribution in [0.5, 0.6) is 0 Å². The smallest absolute Gasteiger partial charge is 0.279 e. The van der Waals surface area contributed by atoms with Crippen molar-refractivity contribution in [3.63, 3.8) is 0 Å². The second-order valence-electron chi connectivity index (χ2n) is 6.98. The molecule has 152 valence electrons. The molecule has 29 heavy (non-hydrogen) atoms. The maximum atomic E-state index is 13.7. The highest BCUT2D eigenvalue weighted by molar-refractivity contribution is 5.91. The number of aryl methyl sites for hydroxylation is 1. The van der Waals surface area contributed by atoms with Crippen molar-refractivity contribution < 1.29 is 22.9 Å². The summed E-state index contributed by atoms with van der Waals surface area (Å²) >= 11 is 0. The molecule has 0 bridgehead atoms. The number of nitrogens with one attached hydrogen (secondary N) is 2. The molecule has 0 saturated heterocycles. The number of hydrogen-bond donors (Lipinski definition) is 2. The zero-order valence-electron chi connectivity index (χ0n) is 16.4. The van der Waals surface area contributed by atoms with Gasteiger partial charge in [-0.25, -0.2) is 17.9 Å². The molecule has 0 spiro atoms. The quantitative estimate of drug-likeness (QED) is 0.622. The second kappa shape index (κ2) is 8.48. The first-order valence-corrected chi connectivity index (χ1v) is 9.13. The van der Waals surface area contributed by atoms with Crippen LogP contribution in [0.25, 0.3) is 5.69 Å². The van der Waals surface area contributed by atoms with Crippen LogP contribution in [0, 0.1) is 31.3 Å². The molecule has 1 unspecified atom stereocenters. The number of likely N-dealkylation sites (N-methyl/N-ethyl adjacent to an activating group) is 1. The van der Waals surface area contributed by atoms with Crippen molar-refractivity contribution in [1.82, 2.24) is 9.78 Å². The summed E-state index contributed by atoms with van der Waals surface area (Å²) in [5, 5.41) is 6.88. The maximum Gasteiger partial charge on any atom is 0.279 e. The molecule has 1 heterocycles. The highest BCUT2D eigenvalue weighted by atomic mass is 19.2. The molecule has 8 heteroatoms. The standard InChI is InChI=1S/C21H21F3N4O/c1-13-16(14(2)28(26-13)15-7-5-4-6-8-15)11-27(3)12-19(29)25-18-10-9-17(22)20(23)21(18)24/h4-10H,11-12H2,1-3H3,(H,25,29)/p+1. The first-order valence-electron chi connectivity index (χ1n) is 9.13. The van der Waals surface area contributed by atoms with Gasteiger partial charge in [-0.2, -0.15) is 5.10 Å². The van der Waals surface area contributed by atoms with E-state index in [1.807, 2.05) is 55.9 Å².